The number of nitrogens with zero attached hydrogens (tertiary/aromatic N) is 4. The SMILES string of the molecule is Cc1ccc(C(=O)NCC2CCNCC2)c(-n2ccnn2)n1. The summed E-state index contributed by atoms with van der Waals surface area (Å²) in [7, 11) is 0. The van der Waals surface area contributed by atoms with Gasteiger partial charge in [-0.25, -0.2) is 9.67 Å². The molecule has 1 aliphatic heterocycles. The maximum atomic E-state index is 12.5. The summed E-state index contributed by atoms with van der Waals surface area (Å²) >= 11 is 0. The van der Waals surface area contributed by atoms with E-state index in [0.29, 0.717) is 23.8 Å². The minimum absolute atomic E-state index is 0.114. The second-order valence-corrected chi connectivity index (χ2v) is 5.57. The zero-order valence-corrected chi connectivity index (χ0v) is 12.6. The van der Waals surface area contributed by atoms with E-state index in [1.165, 1.54) is 4.68 Å². The smallest absolute Gasteiger partial charge is 0.255 e. The van der Waals surface area contributed by atoms with Gasteiger partial charge in [-0.05, 0) is 50.9 Å². The van der Waals surface area contributed by atoms with Crippen LogP contribution in [0, 0.1) is 12.8 Å². The third kappa shape index (κ3) is 3.30. The molecule has 3 rings (SSSR count). The summed E-state index contributed by atoms with van der Waals surface area (Å²) in [4.78, 5) is 16.9. The van der Waals surface area contributed by atoms with Gasteiger partial charge in [-0.1, -0.05) is 5.21 Å². The number of rotatable bonds is 4. The molecule has 0 unspecified atom stereocenters. The van der Waals surface area contributed by atoms with Crippen LogP contribution in [0.2, 0.25) is 0 Å². The molecule has 3 heterocycles. The molecule has 2 aromatic rings. The summed E-state index contributed by atoms with van der Waals surface area (Å²) < 4.78 is 1.52. The van der Waals surface area contributed by atoms with Gasteiger partial charge in [0.05, 0.1) is 18.0 Å². The van der Waals surface area contributed by atoms with Crippen molar-refractivity contribution in [3.8, 4) is 5.82 Å². The van der Waals surface area contributed by atoms with Gasteiger partial charge in [-0.15, -0.1) is 5.10 Å². The van der Waals surface area contributed by atoms with Gasteiger partial charge in [0.25, 0.3) is 5.91 Å². The Bertz CT molecular complexity index is 633. The number of pyridine rings is 1. The lowest BCUT2D eigenvalue weighted by molar-refractivity contribution is 0.0943. The molecule has 0 atom stereocenters. The van der Waals surface area contributed by atoms with Crippen molar-refractivity contribution in [1.82, 2.24) is 30.6 Å². The van der Waals surface area contributed by atoms with Crippen molar-refractivity contribution in [3.63, 3.8) is 0 Å². The number of nitrogens with one attached hydrogen (secondary N) is 2. The number of amides is 1. The molecule has 2 N–H and O–H groups in total. The zero-order valence-electron chi connectivity index (χ0n) is 12.6. The quantitative estimate of drug-likeness (QED) is 0.868. The average Bonchev–Trinajstić information content (AvgIpc) is 3.08. The lowest BCUT2D eigenvalue weighted by Crippen LogP contribution is -2.36. The highest BCUT2D eigenvalue weighted by molar-refractivity contribution is 5.97. The van der Waals surface area contributed by atoms with E-state index in [2.05, 4.69) is 25.9 Å². The lowest BCUT2D eigenvalue weighted by atomic mass is 9.98. The van der Waals surface area contributed by atoms with Crippen LogP contribution in [0.3, 0.4) is 0 Å². The van der Waals surface area contributed by atoms with Crippen LogP contribution in [0.1, 0.15) is 28.9 Å². The Balaban J connectivity index is 1.74. The molecule has 1 aliphatic rings. The van der Waals surface area contributed by atoms with Crippen LogP contribution in [0.25, 0.3) is 5.82 Å². The molecule has 116 valence electrons. The summed E-state index contributed by atoms with van der Waals surface area (Å²) in [6.07, 6.45) is 5.46. The summed E-state index contributed by atoms with van der Waals surface area (Å²) in [6.45, 7) is 4.63. The molecule has 0 aromatic carbocycles. The second-order valence-electron chi connectivity index (χ2n) is 5.57. The minimum Gasteiger partial charge on any atom is -0.352 e. The molecule has 2 aromatic heterocycles. The Labute approximate surface area is 129 Å². The van der Waals surface area contributed by atoms with Crippen molar-refractivity contribution < 1.29 is 4.79 Å². The maximum Gasteiger partial charge on any atom is 0.255 e. The van der Waals surface area contributed by atoms with E-state index in [1.807, 2.05) is 13.0 Å². The van der Waals surface area contributed by atoms with Gasteiger partial charge in [0, 0.05) is 12.2 Å². The molecule has 0 radical (unpaired) electrons. The Hall–Kier alpha value is -2.28. The van der Waals surface area contributed by atoms with Gasteiger partial charge in [-0.2, -0.15) is 0 Å². The first kappa shape index (κ1) is 14.6. The van der Waals surface area contributed by atoms with Crippen molar-refractivity contribution in [2.24, 2.45) is 5.92 Å². The van der Waals surface area contributed by atoms with Crippen molar-refractivity contribution in [2.45, 2.75) is 19.8 Å². The van der Waals surface area contributed by atoms with Crippen LogP contribution >= 0.6 is 0 Å². The van der Waals surface area contributed by atoms with Gasteiger partial charge >= 0.3 is 0 Å². The Morgan fingerprint density at radius 2 is 2.23 bits per heavy atom. The molecular formula is C15H20N6O. The highest BCUT2D eigenvalue weighted by Crippen LogP contribution is 2.13. The van der Waals surface area contributed by atoms with Crippen LogP contribution in [-0.4, -0.2) is 45.5 Å². The molecule has 1 amide bonds. The van der Waals surface area contributed by atoms with Crippen LogP contribution in [0.4, 0.5) is 0 Å². The van der Waals surface area contributed by atoms with Crippen LogP contribution < -0.4 is 10.6 Å². The van der Waals surface area contributed by atoms with E-state index in [9.17, 15) is 4.79 Å². The summed E-state index contributed by atoms with van der Waals surface area (Å²) in [6, 6.07) is 3.62. The first-order chi connectivity index (χ1) is 10.7. The average molecular weight is 300 g/mol. The van der Waals surface area contributed by atoms with Crippen molar-refractivity contribution in [3.05, 3.63) is 35.8 Å². The number of hydrogen-bond acceptors (Lipinski definition) is 5. The molecule has 0 aliphatic carbocycles. The number of hydrogen-bond donors (Lipinski definition) is 2. The Kier molecular flexibility index (Phi) is 4.43. The fourth-order valence-electron chi connectivity index (χ4n) is 2.63. The van der Waals surface area contributed by atoms with Crippen molar-refractivity contribution >= 4 is 5.91 Å². The predicted octanol–water partition coefficient (Wildman–Crippen LogP) is 0.700. The van der Waals surface area contributed by atoms with Crippen LogP contribution in [0.5, 0.6) is 0 Å². The van der Waals surface area contributed by atoms with Crippen molar-refractivity contribution in [2.75, 3.05) is 19.6 Å². The first-order valence-electron chi connectivity index (χ1n) is 7.57. The van der Waals surface area contributed by atoms with E-state index < -0.39 is 0 Å². The molecule has 22 heavy (non-hydrogen) atoms. The highest BCUT2D eigenvalue weighted by Gasteiger charge is 2.18. The maximum absolute atomic E-state index is 12.5. The molecule has 0 bridgehead atoms. The van der Waals surface area contributed by atoms with E-state index in [-0.39, 0.29) is 5.91 Å². The molecular weight excluding hydrogens is 280 g/mol. The molecule has 7 nitrogen and oxygen atoms in total. The number of aromatic nitrogens is 4. The predicted molar refractivity (Wildman–Crippen MR) is 81.8 cm³/mol. The first-order valence-corrected chi connectivity index (χ1v) is 7.57. The highest BCUT2D eigenvalue weighted by atomic mass is 16.1. The number of carbonyl (C=O) groups excluding carboxylic acids is 1. The van der Waals surface area contributed by atoms with Crippen LogP contribution in [0.15, 0.2) is 24.5 Å². The lowest BCUT2D eigenvalue weighted by Gasteiger charge is -2.22. The fourth-order valence-corrected chi connectivity index (χ4v) is 2.63. The minimum atomic E-state index is -0.114. The third-order valence-corrected chi connectivity index (χ3v) is 3.91. The van der Waals surface area contributed by atoms with Crippen LogP contribution in [-0.2, 0) is 0 Å². The van der Waals surface area contributed by atoms with E-state index in [1.54, 1.807) is 18.5 Å². The summed E-state index contributed by atoms with van der Waals surface area (Å²) in [5, 5.41) is 14.1. The van der Waals surface area contributed by atoms with Gasteiger partial charge in [0.2, 0.25) is 0 Å². The van der Waals surface area contributed by atoms with E-state index >= 15 is 0 Å². The molecule has 1 saturated heterocycles. The van der Waals surface area contributed by atoms with E-state index in [4.69, 9.17) is 0 Å². The summed E-state index contributed by atoms with van der Waals surface area (Å²) in [5.41, 5.74) is 1.35. The molecule has 0 spiro atoms. The summed E-state index contributed by atoms with van der Waals surface area (Å²) in [5.74, 6) is 0.940. The number of aryl methyl sites for hydroxylation is 1. The van der Waals surface area contributed by atoms with Crippen molar-refractivity contribution in [1.29, 1.82) is 0 Å². The molecule has 0 saturated carbocycles. The fraction of sp³-hybridized carbons (Fsp3) is 0.467. The standard InChI is InChI=1S/C15H20N6O/c1-11-2-3-13(14(19-11)21-9-8-18-20-21)15(22)17-10-12-4-6-16-7-5-12/h2-3,8-9,12,16H,4-7,10H2,1H3,(H,17,22). The van der Waals surface area contributed by atoms with Gasteiger partial charge in [-0.3, -0.25) is 4.79 Å². The number of carbonyl (C=O) groups is 1. The van der Waals surface area contributed by atoms with Gasteiger partial charge in [0.1, 0.15) is 0 Å². The van der Waals surface area contributed by atoms with Gasteiger partial charge < -0.3 is 10.6 Å². The van der Waals surface area contributed by atoms with Gasteiger partial charge in [0.15, 0.2) is 5.82 Å². The Morgan fingerprint density at radius 3 is 2.95 bits per heavy atom. The second kappa shape index (κ2) is 6.65. The third-order valence-electron chi connectivity index (χ3n) is 3.91. The molecule has 7 heteroatoms. The van der Waals surface area contributed by atoms with E-state index in [0.717, 1.165) is 31.6 Å². The zero-order chi connectivity index (χ0) is 15.4. The monoisotopic (exact) mass is 300 g/mol. The topological polar surface area (TPSA) is 84.7 Å². The largest absolute Gasteiger partial charge is 0.352 e. The normalized spacial score (nSPS) is 15.7. The number of piperidine rings is 1. The Morgan fingerprint density at radius 1 is 1.41 bits per heavy atom. The molecule has 1 fully saturated rings.